The van der Waals surface area contributed by atoms with Crippen LogP contribution in [0.5, 0.6) is 0 Å². The molecule has 7 heteroatoms. The molecule has 1 aromatic heterocycles. The van der Waals surface area contributed by atoms with E-state index in [1.54, 1.807) is 0 Å². The van der Waals surface area contributed by atoms with E-state index in [0.717, 1.165) is 55.7 Å². The molecule has 1 saturated carbocycles. The lowest BCUT2D eigenvalue weighted by molar-refractivity contribution is 0.188. The molecule has 2 fully saturated rings. The fourth-order valence-corrected chi connectivity index (χ4v) is 2.82. The highest BCUT2D eigenvalue weighted by Crippen LogP contribution is 2.40. The van der Waals surface area contributed by atoms with Gasteiger partial charge in [0.15, 0.2) is 0 Å². The van der Waals surface area contributed by atoms with Gasteiger partial charge in [-0.15, -0.1) is 0 Å². The van der Waals surface area contributed by atoms with Crippen LogP contribution in [0.1, 0.15) is 30.1 Å². The molecular formula is C14H24N6O. The molecule has 0 amide bonds. The van der Waals surface area contributed by atoms with Crippen molar-refractivity contribution in [3.05, 3.63) is 11.4 Å². The molecule has 0 bridgehead atoms. The smallest absolute Gasteiger partial charge is 0.148 e. The number of nitrogen functional groups attached to an aromatic ring is 1. The van der Waals surface area contributed by atoms with E-state index in [4.69, 9.17) is 15.9 Å². The summed E-state index contributed by atoms with van der Waals surface area (Å²) in [7, 11) is 0. The van der Waals surface area contributed by atoms with Gasteiger partial charge in [0, 0.05) is 44.2 Å². The Hall–Kier alpha value is -1.44. The molecule has 4 N–H and O–H groups in total. The molecule has 1 aliphatic carbocycles. The van der Waals surface area contributed by atoms with Crippen molar-refractivity contribution in [3.63, 3.8) is 0 Å². The Labute approximate surface area is 125 Å². The summed E-state index contributed by atoms with van der Waals surface area (Å²) in [6, 6.07) is 0. The number of nitrogens with zero attached hydrogens (tertiary/aromatic N) is 4. The molecule has 21 heavy (non-hydrogen) atoms. The van der Waals surface area contributed by atoms with Crippen LogP contribution in [-0.2, 0) is 0 Å². The standard InChI is InChI=1S/C14H24N6O/c1-10-12(18-15)16-13(11-2-3-11)17-14(10)20-6-4-19(5-7-20)8-9-21/h11,21H,2-9,15H2,1H3,(H,16,17,18). The number of hydrazine groups is 1. The van der Waals surface area contributed by atoms with E-state index in [1.807, 2.05) is 6.92 Å². The summed E-state index contributed by atoms with van der Waals surface area (Å²) in [5.74, 6) is 8.77. The highest BCUT2D eigenvalue weighted by molar-refractivity contribution is 5.58. The Morgan fingerprint density at radius 3 is 2.52 bits per heavy atom. The van der Waals surface area contributed by atoms with E-state index in [2.05, 4.69) is 20.2 Å². The zero-order valence-electron chi connectivity index (χ0n) is 12.5. The van der Waals surface area contributed by atoms with Crippen LogP contribution in [0.15, 0.2) is 0 Å². The van der Waals surface area contributed by atoms with Gasteiger partial charge in [0.2, 0.25) is 0 Å². The van der Waals surface area contributed by atoms with Crippen molar-refractivity contribution in [2.45, 2.75) is 25.7 Å². The summed E-state index contributed by atoms with van der Waals surface area (Å²) < 4.78 is 0. The average molecular weight is 292 g/mol. The summed E-state index contributed by atoms with van der Waals surface area (Å²) in [4.78, 5) is 13.9. The molecule has 2 aliphatic rings. The van der Waals surface area contributed by atoms with E-state index >= 15 is 0 Å². The van der Waals surface area contributed by atoms with Crippen molar-refractivity contribution in [3.8, 4) is 0 Å². The van der Waals surface area contributed by atoms with Crippen LogP contribution in [0.4, 0.5) is 11.6 Å². The number of nitrogens with one attached hydrogen (secondary N) is 1. The lowest BCUT2D eigenvalue weighted by Crippen LogP contribution is -2.47. The first-order valence-corrected chi connectivity index (χ1v) is 7.66. The number of hydrogen-bond donors (Lipinski definition) is 3. The summed E-state index contributed by atoms with van der Waals surface area (Å²) in [5.41, 5.74) is 3.72. The molecule has 2 heterocycles. The van der Waals surface area contributed by atoms with Crippen LogP contribution in [0.2, 0.25) is 0 Å². The van der Waals surface area contributed by atoms with Gasteiger partial charge in [-0.05, 0) is 19.8 Å². The second kappa shape index (κ2) is 6.13. The molecule has 0 unspecified atom stereocenters. The Kier molecular flexibility index (Phi) is 4.23. The maximum absolute atomic E-state index is 9.02. The third-order valence-corrected chi connectivity index (χ3v) is 4.30. The van der Waals surface area contributed by atoms with Gasteiger partial charge in [-0.1, -0.05) is 0 Å². The third kappa shape index (κ3) is 3.09. The van der Waals surface area contributed by atoms with Crippen LogP contribution in [0, 0.1) is 6.92 Å². The number of rotatable bonds is 5. The number of anilines is 2. The molecule has 3 rings (SSSR count). The van der Waals surface area contributed by atoms with Crippen LogP contribution in [0.3, 0.4) is 0 Å². The fraction of sp³-hybridized carbons (Fsp3) is 0.714. The monoisotopic (exact) mass is 292 g/mol. The molecule has 7 nitrogen and oxygen atoms in total. The number of β-amino-alcohol motifs (C(OH)–C–C–N with tert-alkyl or cyclic N) is 1. The lowest BCUT2D eigenvalue weighted by atomic mass is 10.2. The minimum Gasteiger partial charge on any atom is -0.395 e. The zero-order valence-corrected chi connectivity index (χ0v) is 12.5. The molecular weight excluding hydrogens is 268 g/mol. The highest BCUT2D eigenvalue weighted by atomic mass is 16.3. The molecule has 1 aromatic rings. The Morgan fingerprint density at radius 2 is 1.95 bits per heavy atom. The average Bonchev–Trinajstić information content (AvgIpc) is 3.34. The predicted octanol–water partition coefficient (Wildman–Crippen LogP) is 0.0623. The Morgan fingerprint density at radius 1 is 1.24 bits per heavy atom. The van der Waals surface area contributed by atoms with Gasteiger partial charge in [-0.25, -0.2) is 15.8 Å². The SMILES string of the molecule is Cc1c(NN)nc(C2CC2)nc1N1CCN(CCO)CC1. The second-order valence-corrected chi connectivity index (χ2v) is 5.85. The molecule has 0 aromatic carbocycles. The van der Waals surface area contributed by atoms with Crippen molar-refractivity contribution in [1.29, 1.82) is 0 Å². The van der Waals surface area contributed by atoms with E-state index in [-0.39, 0.29) is 6.61 Å². The predicted molar refractivity (Wildman–Crippen MR) is 82.3 cm³/mol. The van der Waals surface area contributed by atoms with E-state index in [1.165, 1.54) is 12.8 Å². The Bertz CT molecular complexity index is 496. The molecule has 1 aliphatic heterocycles. The van der Waals surface area contributed by atoms with E-state index < -0.39 is 0 Å². The number of aliphatic hydroxyl groups excluding tert-OH is 1. The van der Waals surface area contributed by atoms with E-state index in [0.29, 0.717) is 5.92 Å². The first-order chi connectivity index (χ1) is 10.2. The Balaban J connectivity index is 1.79. The van der Waals surface area contributed by atoms with Gasteiger partial charge in [-0.3, -0.25) is 4.90 Å². The van der Waals surface area contributed by atoms with Crippen LogP contribution in [-0.4, -0.2) is 59.3 Å². The van der Waals surface area contributed by atoms with E-state index in [9.17, 15) is 0 Å². The van der Waals surface area contributed by atoms with Gasteiger partial charge in [0.05, 0.1) is 6.61 Å². The molecule has 116 valence electrons. The van der Waals surface area contributed by atoms with Crippen LogP contribution >= 0.6 is 0 Å². The van der Waals surface area contributed by atoms with Gasteiger partial charge in [0.1, 0.15) is 17.5 Å². The number of nitrogens with two attached hydrogens (primary N) is 1. The second-order valence-electron chi connectivity index (χ2n) is 5.85. The van der Waals surface area contributed by atoms with Crippen molar-refractivity contribution in [2.24, 2.45) is 5.84 Å². The van der Waals surface area contributed by atoms with Crippen molar-refractivity contribution < 1.29 is 5.11 Å². The summed E-state index contributed by atoms with van der Waals surface area (Å²) in [6.45, 7) is 6.74. The number of aliphatic hydroxyl groups is 1. The number of hydrogen-bond acceptors (Lipinski definition) is 7. The van der Waals surface area contributed by atoms with Crippen molar-refractivity contribution in [1.82, 2.24) is 14.9 Å². The van der Waals surface area contributed by atoms with Gasteiger partial charge in [-0.2, -0.15) is 0 Å². The van der Waals surface area contributed by atoms with Gasteiger partial charge in [0.25, 0.3) is 0 Å². The number of aromatic nitrogens is 2. The molecule has 1 saturated heterocycles. The first kappa shape index (κ1) is 14.5. The van der Waals surface area contributed by atoms with Gasteiger partial charge >= 0.3 is 0 Å². The molecule has 0 spiro atoms. The quantitative estimate of drug-likeness (QED) is 0.522. The highest BCUT2D eigenvalue weighted by Gasteiger charge is 2.29. The maximum atomic E-state index is 9.02. The van der Waals surface area contributed by atoms with Crippen molar-refractivity contribution >= 4 is 11.6 Å². The molecule has 0 radical (unpaired) electrons. The van der Waals surface area contributed by atoms with Crippen molar-refractivity contribution in [2.75, 3.05) is 49.7 Å². The zero-order chi connectivity index (χ0) is 14.8. The minimum absolute atomic E-state index is 0.222. The number of piperazine rings is 1. The molecule has 0 atom stereocenters. The summed E-state index contributed by atoms with van der Waals surface area (Å²) in [6.07, 6.45) is 2.35. The maximum Gasteiger partial charge on any atom is 0.148 e. The van der Waals surface area contributed by atoms with Crippen LogP contribution < -0.4 is 16.2 Å². The van der Waals surface area contributed by atoms with Crippen LogP contribution in [0.25, 0.3) is 0 Å². The third-order valence-electron chi connectivity index (χ3n) is 4.30. The summed E-state index contributed by atoms with van der Waals surface area (Å²) >= 11 is 0. The minimum atomic E-state index is 0.222. The largest absolute Gasteiger partial charge is 0.395 e. The van der Waals surface area contributed by atoms with Gasteiger partial charge < -0.3 is 15.4 Å². The first-order valence-electron chi connectivity index (χ1n) is 7.66. The fourth-order valence-electron chi connectivity index (χ4n) is 2.82. The summed E-state index contributed by atoms with van der Waals surface area (Å²) in [5, 5.41) is 9.02. The lowest BCUT2D eigenvalue weighted by Gasteiger charge is -2.36. The normalized spacial score (nSPS) is 19.9. The topological polar surface area (TPSA) is 90.5 Å².